The Bertz CT molecular complexity index is 413. The van der Waals surface area contributed by atoms with Crippen molar-refractivity contribution in [3.63, 3.8) is 0 Å². The molecule has 2 rings (SSSR count). The Kier molecular flexibility index (Phi) is 3.90. The van der Waals surface area contributed by atoms with E-state index in [1.165, 1.54) is 4.31 Å². The minimum atomic E-state index is -3.38. The van der Waals surface area contributed by atoms with Gasteiger partial charge in [-0.1, -0.05) is 0 Å². The second kappa shape index (κ2) is 5.12. The van der Waals surface area contributed by atoms with Crippen molar-refractivity contribution in [1.29, 1.82) is 0 Å². The molecule has 1 aliphatic carbocycles. The number of hydrogen-bond donors (Lipinski definition) is 2. The van der Waals surface area contributed by atoms with E-state index in [0.29, 0.717) is 26.2 Å². The van der Waals surface area contributed by atoms with Crippen molar-refractivity contribution >= 4 is 16.2 Å². The molecule has 0 bridgehead atoms. The number of nitrogens with one attached hydrogen (secondary N) is 1. The molecule has 1 saturated carbocycles. The van der Waals surface area contributed by atoms with Crippen LogP contribution in [0, 0.1) is 0 Å². The number of carboxylic acid groups (broad SMARTS) is 1. The largest absolute Gasteiger partial charge is 0.480 e. The zero-order valence-corrected chi connectivity index (χ0v) is 11.2. The standard InChI is InChI=1S/C10H19N3O4S/c1-8(10(14)15)12-4-6-13(7-5-12)18(16,17)11-9-2-3-9/h8-9,11H,2-7H2,1H3,(H,14,15). The summed E-state index contributed by atoms with van der Waals surface area (Å²) < 4.78 is 27.9. The van der Waals surface area contributed by atoms with Gasteiger partial charge in [-0.2, -0.15) is 17.4 Å². The van der Waals surface area contributed by atoms with E-state index in [0.717, 1.165) is 12.8 Å². The van der Waals surface area contributed by atoms with E-state index in [1.807, 2.05) is 0 Å². The maximum Gasteiger partial charge on any atom is 0.320 e. The molecule has 1 aliphatic heterocycles. The fraction of sp³-hybridized carbons (Fsp3) is 0.900. The lowest BCUT2D eigenvalue weighted by Gasteiger charge is -2.35. The molecule has 8 heteroatoms. The van der Waals surface area contributed by atoms with Crippen LogP contribution in [0.15, 0.2) is 0 Å². The number of carbonyl (C=O) groups is 1. The highest BCUT2D eigenvalue weighted by Gasteiger charge is 2.34. The van der Waals surface area contributed by atoms with E-state index in [-0.39, 0.29) is 6.04 Å². The van der Waals surface area contributed by atoms with Crippen LogP contribution in [-0.2, 0) is 15.0 Å². The van der Waals surface area contributed by atoms with Crippen LogP contribution >= 0.6 is 0 Å². The highest BCUT2D eigenvalue weighted by atomic mass is 32.2. The van der Waals surface area contributed by atoms with E-state index in [1.54, 1.807) is 11.8 Å². The van der Waals surface area contributed by atoms with Gasteiger partial charge in [-0.15, -0.1) is 0 Å². The average Bonchev–Trinajstić information content (AvgIpc) is 3.11. The van der Waals surface area contributed by atoms with Crippen molar-refractivity contribution < 1.29 is 18.3 Å². The molecule has 0 aromatic carbocycles. The van der Waals surface area contributed by atoms with Gasteiger partial charge in [-0.05, 0) is 19.8 Å². The van der Waals surface area contributed by atoms with Crippen LogP contribution in [0.3, 0.4) is 0 Å². The molecule has 1 atom stereocenters. The van der Waals surface area contributed by atoms with E-state index in [2.05, 4.69) is 4.72 Å². The summed E-state index contributed by atoms with van der Waals surface area (Å²) in [6.07, 6.45) is 1.82. The first-order valence-electron chi connectivity index (χ1n) is 6.14. The molecule has 1 unspecified atom stereocenters. The Hall–Kier alpha value is -0.700. The molecule has 104 valence electrons. The van der Waals surface area contributed by atoms with Gasteiger partial charge < -0.3 is 5.11 Å². The highest BCUT2D eigenvalue weighted by Crippen LogP contribution is 2.21. The number of nitrogens with zero attached hydrogens (tertiary/aromatic N) is 2. The van der Waals surface area contributed by atoms with Crippen LogP contribution in [-0.4, -0.2) is 67.0 Å². The minimum Gasteiger partial charge on any atom is -0.480 e. The van der Waals surface area contributed by atoms with Gasteiger partial charge in [-0.25, -0.2) is 0 Å². The first kappa shape index (κ1) is 13.7. The summed E-state index contributed by atoms with van der Waals surface area (Å²) in [4.78, 5) is 12.6. The average molecular weight is 277 g/mol. The van der Waals surface area contributed by atoms with Crippen LogP contribution in [0.1, 0.15) is 19.8 Å². The molecule has 0 amide bonds. The zero-order valence-electron chi connectivity index (χ0n) is 10.4. The molecule has 7 nitrogen and oxygen atoms in total. The van der Waals surface area contributed by atoms with Gasteiger partial charge in [0.1, 0.15) is 6.04 Å². The Morgan fingerprint density at radius 3 is 2.28 bits per heavy atom. The molecule has 0 aromatic heterocycles. The number of aliphatic carboxylic acids is 1. The minimum absolute atomic E-state index is 0.103. The predicted molar refractivity (Wildman–Crippen MR) is 65.3 cm³/mol. The molecule has 1 heterocycles. The number of piperazine rings is 1. The van der Waals surface area contributed by atoms with Crippen molar-refractivity contribution in [2.45, 2.75) is 31.8 Å². The molecule has 1 saturated heterocycles. The lowest BCUT2D eigenvalue weighted by molar-refractivity contribution is -0.143. The summed E-state index contributed by atoms with van der Waals surface area (Å²) in [5, 5.41) is 8.90. The summed E-state index contributed by atoms with van der Waals surface area (Å²) in [6, 6.07) is -0.461. The Morgan fingerprint density at radius 2 is 1.83 bits per heavy atom. The number of carboxylic acids is 1. The topological polar surface area (TPSA) is 90.0 Å². The van der Waals surface area contributed by atoms with Crippen molar-refractivity contribution in [2.24, 2.45) is 0 Å². The SMILES string of the molecule is CC(C(=O)O)N1CCN(S(=O)(=O)NC2CC2)CC1. The van der Waals surface area contributed by atoms with Crippen LogP contribution < -0.4 is 4.72 Å². The van der Waals surface area contributed by atoms with Gasteiger partial charge in [0.2, 0.25) is 0 Å². The van der Waals surface area contributed by atoms with Gasteiger partial charge in [0.05, 0.1) is 0 Å². The van der Waals surface area contributed by atoms with E-state index in [4.69, 9.17) is 5.11 Å². The van der Waals surface area contributed by atoms with E-state index >= 15 is 0 Å². The summed E-state index contributed by atoms with van der Waals surface area (Å²) in [5.41, 5.74) is 0. The van der Waals surface area contributed by atoms with Crippen LogP contribution in [0.25, 0.3) is 0 Å². The van der Waals surface area contributed by atoms with Crippen molar-refractivity contribution in [3.8, 4) is 0 Å². The van der Waals surface area contributed by atoms with Gasteiger partial charge >= 0.3 is 5.97 Å². The second-order valence-corrected chi connectivity index (χ2v) is 6.55. The maximum absolute atomic E-state index is 11.9. The molecule has 0 radical (unpaired) electrons. The van der Waals surface area contributed by atoms with Crippen LogP contribution in [0.4, 0.5) is 0 Å². The molecular formula is C10H19N3O4S. The number of hydrogen-bond acceptors (Lipinski definition) is 4. The predicted octanol–water partition coefficient (Wildman–Crippen LogP) is -0.926. The van der Waals surface area contributed by atoms with Crippen molar-refractivity contribution in [1.82, 2.24) is 13.9 Å². The lowest BCUT2D eigenvalue weighted by atomic mass is 10.2. The smallest absolute Gasteiger partial charge is 0.320 e. The van der Waals surface area contributed by atoms with E-state index in [9.17, 15) is 13.2 Å². The van der Waals surface area contributed by atoms with Gasteiger partial charge in [0, 0.05) is 32.2 Å². The molecular weight excluding hydrogens is 258 g/mol. The third kappa shape index (κ3) is 3.19. The number of rotatable bonds is 5. The summed E-state index contributed by atoms with van der Waals surface area (Å²) in [5.74, 6) is -0.873. The van der Waals surface area contributed by atoms with Crippen LogP contribution in [0.2, 0.25) is 0 Å². The lowest BCUT2D eigenvalue weighted by Crippen LogP contribution is -2.55. The Balaban J connectivity index is 1.87. The first-order chi connectivity index (χ1) is 8.40. The maximum atomic E-state index is 11.9. The Morgan fingerprint density at radius 1 is 1.28 bits per heavy atom. The molecule has 0 aromatic rings. The highest BCUT2D eigenvalue weighted by molar-refractivity contribution is 7.87. The van der Waals surface area contributed by atoms with Gasteiger partial charge in [0.25, 0.3) is 10.2 Å². The third-order valence-corrected chi connectivity index (χ3v) is 5.09. The van der Waals surface area contributed by atoms with Gasteiger partial charge in [0.15, 0.2) is 0 Å². The molecule has 2 fully saturated rings. The van der Waals surface area contributed by atoms with Gasteiger partial charge in [-0.3, -0.25) is 9.69 Å². The fourth-order valence-electron chi connectivity index (χ4n) is 1.97. The fourth-order valence-corrected chi connectivity index (χ4v) is 3.42. The quantitative estimate of drug-likeness (QED) is 0.678. The molecule has 18 heavy (non-hydrogen) atoms. The van der Waals surface area contributed by atoms with E-state index < -0.39 is 22.2 Å². The molecule has 2 N–H and O–H groups in total. The summed E-state index contributed by atoms with van der Waals surface area (Å²) >= 11 is 0. The van der Waals surface area contributed by atoms with Crippen molar-refractivity contribution in [3.05, 3.63) is 0 Å². The normalized spacial score (nSPS) is 24.9. The Labute approximate surface area is 107 Å². The third-order valence-electron chi connectivity index (χ3n) is 3.41. The summed E-state index contributed by atoms with van der Waals surface area (Å²) in [7, 11) is -3.38. The van der Waals surface area contributed by atoms with Crippen molar-refractivity contribution in [2.75, 3.05) is 26.2 Å². The molecule has 0 spiro atoms. The molecule has 2 aliphatic rings. The second-order valence-electron chi connectivity index (χ2n) is 4.85. The first-order valence-corrected chi connectivity index (χ1v) is 7.58. The zero-order chi connectivity index (χ0) is 13.3. The summed E-state index contributed by atoms with van der Waals surface area (Å²) in [6.45, 7) is 3.23. The monoisotopic (exact) mass is 277 g/mol. The van der Waals surface area contributed by atoms with Crippen LogP contribution in [0.5, 0.6) is 0 Å².